The molecule has 0 saturated carbocycles. The number of fused-ring (bicyclic) bond motifs is 1. The lowest BCUT2D eigenvalue weighted by molar-refractivity contribution is 0.223. The number of anilines is 1. The Bertz CT molecular complexity index is 1510. The van der Waals surface area contributed by atoms with E-state index in [1.165, 1.54) is 10.6 Å². The summed E-state index contributed by atoms with van der Waals surface area (Å²) in [6.07, 6.45) is 7.88. The van der Waals surface area contributed by atoms with Crippen LogP contribution in [-0.2, 0) is 14.5 Å². The van der Waals surface area contributed by atoms with Crippen molar-refractivity contribution in [3.05, 3.63) is 60.9 Å². The summed E-state index contributed by atoms with van der Waals surface area (Å²) < 4.78 is 38.9. The van der Waals surface area contributed by atoms with Crippen molar-refractivity contribution in [3.63, 3.8) is 0 Å². The molecule has 1 aliphatic rings. The van der Waals surface area contributed by atoms with Gasteiger partial charge in [-0.2, -0.15) is 17.8 Å². The fourth-order valence-corrected chi connectivity index (χ4v) is 5.34. The van der Waals surface area contributed by atoms with Gasteiger partial charge < -0.3 is 10.5 Å². The maximum absolute atomic E-state index is 12.5. The number of benzene rings is 2. The van der Waals surface area contributed by atoms with Crippen LogP contribution in [0, 0.1) is 12.3 Å². The Morgan fingerprint density at radius 1 is 1.08 bits per heavy atom. The van der Waals surface area contributed by atoms with Crippen molar-refractivity contribution in [1.82, 2.24) is 24.1 Å². The molecule has 0 bridgehead atoms. The van der Waals surface area contributed by atoms with Crippen molar-refractivity contribution in [2.75, 3.05) is 25.4 Å². The van der Waals surface area contributed by atoms with Crippen LogP contribution in [0.1, 0.15) is 18.9 Å². The predicted molar refractivity (Wildman–Crippen MR) is 135 cm³/mol. The van der Waals surface area contributed by atoms with Gasteiger partial charge in [-0.15, -0.1) is 6.42 Å². The average molecular weight is 505 g/mol. The Morgan fingerprint density at radius 2 is 1.83 bits per heavy atom. The van der Waals surface area contributed by atoms with Gasteiger partial charge in [-0.05, 0) is 49.2 Å². The Hall–Kier alpha value is -3.98. The minimum absolute atomic E-state index is 0.177. The van der Waals surface area contributed by atoms with E-state index < -0.39 is 10.3 Å². The minimum Gasteiger partial charge on any atom is -0.457 e. The van der Waals surface area contributed by atoms with E-state index in [4.69, 9.17) is 26.2 Å². The summed E-state index contributed by atoms with van der Waals surface area (Å²) in [5.74, 6) is 3.90. The van der Waals surface area contributed by atoms with Crippen molar-refractivity contribution >= 4 is 27.2 Å². The molecule has 11 heteroatoms. The molecule has 0 radical (unpaired) electrons. The highest BCUT2D eigenvalue weighted by atomic mass is 32.2. The van der Waals surface area contributed by atoms with Crippen LogP contribution in [0.4, 0.5) is 5.82 Å². The molecule has 184 valence electrons. The summed E-state index contributed by atoms with van der Waals surface area (Å²) >= 11 is 0. The van der Waals surface area contributed by atoms with Crippen LogP contribution in [0.25, 0.3) is 22.3 Å². The lowest BCUT2D eigenvalue weighted by atomic mass is 10.1. The number of nitrogens with zero attached hydrogens (tertiary/aromatic N) is 5. The first-order valence-corrected chi connectivity index (χ1v) is 12.7. The topological polar surface area (TPSA) is 125 Å². The van der Waals surface area contributed by atoms with Crippen LogP contribution in [0.5, 0.6) is 11.5 Å². The van der Waals surface area contributed by atoms with Crippen molar-refractivity contribution in [2.45, 2.75) is 18.9 Å². The number of terminal acetylenes is 1. The van der Waals surface area contributed by atoms with Gasteiger partial charge in [0, 0.05) is 18.7 Å². The number of aromatic nitrogens is 4. The first kappa shape index (κ1) is 23.7. The first-order valence-electron chi connectivity index (χ1n) is 11.4. The minimum atomic E-state index is -3.95. The number of nitrogens with two attached hydrogens (primary N) is 1. The molecule has 10 nitrogen and oxygen atoms in total. The second-order valence-corrected chi connectivity index (χ2v) is 9.88. The van der Waals surface area contributed by atoms with E-state index in [9.17, 15) is 8.42 Å². The van der Waals surface area contributed by atoms with E-state index in [1.807, 2.05) is 54.6 Å². The van der Waals surface area contributed by atoms with Gasteiger partial charge in [-0.25, -0.2) is 18.8 Å². The fraction of sp³-hybridized carbons (Fsp3) is 0.240. The molecule has 36 heavy (non-hydrogen) atoms. The van der Waals surface area contributed by atoms with Gasteiger partial charge in [0.05, 0.1) is 11.4 Å². The zero-order valence-electron chi connectivity index (χ0n) is 19.3. The number of para-hydroxylation sites is 1. The van der Waals surface area contributed by atoms with Gasteiger partial charge in [0.2, 0.25) is 0 Å². The second-order valence-electron chi connectivity index (χ2n) is 8.27. The summed E-state index contributed by atoms with van der Waals surface area (Å²) in [7, 11) is -3.95. The largest absolute Gasteiger partial charge is 0.457 e. The molecule has 2 aromatic heterocycles. The number of ether oxygens (including phenoxy) is 1. The van der Waals surface area contributed by atoms with Gasteiger partial charge in [-0.1, -0.05) is 24.1 Å². The normalized spacial score (nSPS) is 16.6. The third kappa shape index (κ3) is 4.74. The average Bonchev–Trinajstić information content (AvgIpc) is 3.30. The highest BCUT2D eigenvalue weighted by Gasteiger charge is 2.32. The van der Waals surface area contributed by atoms with Crippen molar-refractivity contribution < 1.29 is 17.3 Å². The van der Waals surface area contributed by atoms with E-state index in [0.29, 0.717) is 47.7 Å². The molecule has 1 aliphatic heterocycles. The molecule has 1 saturated heterocycles. The molecule has 0 aliphatic carbocycles. The van der Waals surface area contributed by atoms with E-state index >= 15 is 0 Å². The Kier molecular flexibility index (Phi) is 6.56. The van der Waals surface area contributed by atoms with Gasteiger partial charge in [0.15, 0.2) is 5.65 Å². The molecule has 1 atom stereocenters. The zero-order valence-corrected chi connectivity index (χ0v) is 20.1. The lowest BCUT2D eigenvalue weighted by Gasteiger charge is -2.31. The third-order valence-electron chi connectivity index (χ3n) is 5.94. The van der Waals surface area contributed by atoms with Gasteiger partial charge in [-0.3, -0.25) is 0 Å². The molecule has 4 aromatic rings. The molecular weight excluding hydrogens is 480 g/mol. The lowest BCUT2D eigenvalue weighted by Crippen LogP contribution is -2.41. The zero-order chi connectivity index (χ0) is 25.1. The molecule has 1 fully saturated rings. The standard InChI is InChI=1S/C25H24N6O4S/c1-2-15-34-36(32,33)30-14-6-7-19(16-30)31-25-22(24(26)27-17-28-25)23(29-31)18-10-12-21(13-11-18)35-20-8-4-3-5-9-20/h1,3-5,8-13,17,19H,6-7,14-16H2,(H2,26,27,28)/t19-/m1/s1. The molecule has 3 heterocycles. The van der Waals surface area contributed by atoms with Crippen molar-refractivity contribution in [3.8, 4) is 35.1 Å². The summed E-state index contributed by atoms with van der Waals surface area (Å²) in [6.45, 7) is 0.207. The van der Waals surface area contributed by atoms with Crippen molar-refractivity contribution in [1.29, 1.82) is 0 Å². The first-order chi connectivity index (χ1) is 17.5. The monoisotopic (exact) mass is 504 g/mol. The van der Waals surface area contributed by atoms with E-state index in [0.717, 1.165) is 11.3 Å². The van der Waals surface area contributed by atoms with Gasteiger partial charge >= 0.3 is 10.3 Å². The smallest absolute Gasteiger partial charge is 0.339 e. The second kappa shape index (κ2) is 9.94. The number of piperidine rings is 1. The van der Waals surface area contributed by atoms with Crippen LogP contribution < -0.4 is 10.5 Å². The SMILES string of the molecule is C#CCOS(=O)(=O)N1CCC[C@@H](n2nc(-c3ccc(Oc4ccccc4)cc3)c3c(N)ncnc32)C1. The number of hydrogen-bond donors (Lipinski definition) is 1. The summed E-state index contributed by atoms with van der Waals surface area (Å²) in [5.41, 5.74) is 8.20. The van der Waals surface area contributed by atoms with E-state index in [1.54, 1.807) is 4.68 Å². The van der Waals surface area contributed by atoms with Crippen LogP contribution in [0.15, 0.2) is 60.9 Å². The van der Waals surface area contributed by atoms with Crippen LogP contribution >= 0.6 is 0 Å². The molecular formula is C25H24N6O4S. The van der Waals surface area contributed by atoms with Crippen LogP contribution in [-0.4, -0.2) is 52.2 Å². The van der Waals surface area contributed by atoms with E-state index in [2.05, 4.69) is 15.9 Å². The van der Waals surface area contributed by atoms with Gasteiger partial charge in [0.25, 0.3) is 0 Å². The molecule has 5 rings (SSSR count). The number of nitrogen functional groups attached to an aromatic ring is 1. The Morgan fingerprint density at radius 3 is 2.58 bits per heavy atom. The van der Waals surface area contributed by atoms with E-state index in [-0.39, 0.29) is 19.2 Å². The quantitative estimate of drug-likeness (QED) is 0.380. The maximum Gasteiger partial charge on any atom is 0.339 e. The third-order valence-corrected chi connectivity index (χ3v) is 7.32. The van der Waals surface area contributed by atoms with Gasteiger partial charge in [0.1, 0.15) is 35.9 Å². The summed E-state index contributed by atoms with van der Waals surface area (Å²) in [4.78, 5) is 8.59. The summed E-state index contributed by atoms with van der Waals surface area (Å²) in [5, 5.41) is 5.44. The maximum atomic E-state index is 12.5. The molecule has 0 unspecified atom stereocenters. The number of rotatable bonds is 7. The Labute approximate surface area is 208 Å². The van der Waals surface area contributed by atoms with Crippen LogP contribution in [0.2, 0.25) is 0 Å². The van der Waals surface area contributed by atoms with Crippen LogP contribution in [0.3, 0.4) is 0 Å². The highest BCUT2D eigenvalue weighted by Crippen LogP contribution is 2.35. The predicted octanol–water partition coefficient (Wildman–Crippen LogP) is 3.40. The summed E-state index contributed by atoms with van der Waals surface area (Å²) in [6, 6.07) is 16.7. The molecule has 0 spiro atoms. The molecule has 2 N–H and O–H groups in total. The number of hydrogen-bond acceptors (Lipinski definition) is 8. The molecule has 2 aromatic carbocycles. The van der Waals surface area contributed by atoms with Crippen molar-refractivity contribution in [2.24, 2.45) is 0 Å². The molecule has 0 amide bonds. The Balaban J connectivity index is 1.47. The fourth-order valence-electron chi connectivity index (χ4n) is 4.26. The highest BCUT2D eigenvalue weighted by molar-refractivity contribution is 7.84.